The van der Waals surface area contributed by atoms with Gasteiger partial charge in [0.05, 0.1) is 6.61 Å². The number of rotatable bonds is 6. The molecule has 0 spiro atoms. The molecule has 0 unspecified atom stereocenters. The molecule has 24 heavy (non-hydrogen) atoms. The summed E-state index contributed by atoms with van der Waals surface area (Å²) in [6.45, 7) is 1.67. The van der Waals surface area contributed by atoms with E-state index in [0.29, 0.717) is 17.5 Å². The molecule has 0 heterocycles. The number of benzene rings is 2. The van der Waals surface area contributed by atoms with E-state index in [9.17, 15) is 18.4 Å². The van der Waals surface area contributed by atoms with E-state index in [0.717, 1.165) is 12.1 Å². The van der Waals surface area contributed by atoms with Gasteiger partial charge in [0.25, 0.3) is 5.91 Å². The van der Waals surface area contributed by atoms with Gasteiger partial charge < -0.3 is 14.8 Å². The van der Waals surface area contributed by atoms with Crippen molar-refractivity contribution in [2.24, 2.45) is 0 Å². The van der Waals surface area contributed by atoms with Gasteiger partial charge in [-0.2, -0.15) is 0 Å². The van der Waals surface area contributed by atoms with Crippen molar-refractivity contribution in [3.05, 3.63) is 59.7 Å². The zero-order chi connectivity index (χ0) is 17.5. The van der Waals surface area contributed by atoms with E-state index in [-0.39, 0.29) is 18.8 Å². The van der Waals surface area contributed by atoms with Crippen LogP contribution in [-0.2, 0) is 9.53 Å². The number of esters is 1. The average Bonchev–Trinajstić information content (AvgIpc) is 2.53. The van der Waals surface area contributed by atoms with Gasteiger partial charge in [-0.25, -0.2) is 13.6 Å². The second-order valence-electron chi connectivity index (χ2n) is 4.73. The van der Waals surface area contributed by atoms with Crippen molar-refractivity contribution in [1.29, 1.82) is 0 Å². The van der Waals surface area contributed by atoms with Gasteiger partial charge in [0, 0.05) is 23.4 Å². The van der Waals surface area contributed by atoms with Crippen molar-refractivity contribution in [1.82, 2.24) is 0 Å². The average molecular weight is 335 g/mol. The summed E-state index contributed by atoms with van der Waals surface area (Å²) in [5.41, 5.74) is 0.205. The standard InChI is InChI=1S/C17H15F2NO4/c1-2-23-16(21)10-24-15-5-3-4-14(9-15)20-17(22)11-6-12(18)8-13(19)7-11/h3-9H,2,10H2,1H3,(H,20,22). The monoisotopic (exact) mass is 335 g/mol. The number of ether oxygens (including phenoxy) is 2. The highest BCUT2D eigenvalue weighted by atomic mass is 19.1. The topological polar surface area (TPSA) is 64.6 Å². The molecule has 1 amide bonds. The van der Waals surface area contributed by atoms with Gasteiger partial charge in [-0.05, 0) is 31.2 Å². The number of carbonyl (C=O) groups excluding carboxylic acids is 2. The molecule has 7 heteroatoms. The third-order valence-electron chi connectivity index (χ3n) is 2.88. The lowest BCUT2D eigenvalue weighted by Gasteiger charge is -2.09. The molecule has 0 aliphatic carbocycles. The molecule has 2 aromatic rings. The van der Waals surface area contributed by atoms with Gasteiger partial charge in [-0.3, -0.25) is 4.79 Å². The highest BCUT2D eigenvalue weighted by molar-refractivity contribution is 6.04. The van der Waals surface area contributed by atoms with Gasteiger partial charge in [0.1, 0.15) is 17.4 Å². The SMILES string of the molecule is CCOC(=O)COc1cccc(NC(=O)c2cc(F)cc(F)c2)c1. The third kappa shape index (κ3) is 5.05. The number of nitrogens with one attached hydrogen (secondary N) is 1. The molecule has 0 aliphatic heterocycles. The summed E-state index contributed by atoms with van der Waals surface area (Å²) in [5.74, 6) is -2.53. The van der Waals surface area contributed by atoms with E-state index in [1.54, 1.807) is 25.1 Å². The highest BCUT2D eigenvalue weighted by Gasteiger charge is 2.10. The fourth-order valence-electron chi connectivity index (χ4n) is 1.90. The zero-order valence-electron chi connectivity index (χ0n) is 12.8. The van der Waals surface area contributed by atoms with Crippen LogP contribution >= 0.6 is 0 Å². The van der Waals surface area contributed by atoms with E-state index in [2.05, 4.69) is 5.32 Å². The molecule has 0 radical (unpaired) electrons. The molecule has 0 saturated heterocycles. The van der Waals surface area contributed by atoms with Gasteiger partial charge in [-0.1, -0.05) is 6.07 Å². The van der Waals surface area contributed by atoms with Crippen LogP contribution in [0.2, 0.25) is 0 Å². The van der Waals surface area contributed by atoms with E-state index >= 15 is 0 Å². The third-order valence-corrected chi connectivity index (χ3v) is 2.88. The first-order valence-electron chi connectivity index (χ1n) is 7.14. The predicted molar refractivity (Wildman–Crippen MR) is 82.9 cm³/mol. The van der Waals surface area contributed by atoms with Crippen molar-refractivity contribution in [2.45, 2.75) is 6.92 Å². The summed E-state index contributed by atoms with van der Waals surface area (Å²) in [6, 6.07) is 8.79. The Hall–Kier alpha value is -2.96. The number of hydrogen-bond acceptors (Lipinski definition) is 4. The van der Waals surface area contributed by atoms with Crippen LogP contribution in [0.4, 0.5) is 14.5 Å². The lowest BCUT2D eigenvalue weighted by atomic mass is 10.2. The number of carbonyl (C=O) groups is 2. The Labute approximate surface area is 137 Å². The quantitative estimate of drug-likeness (QED) is 0.824. The van der Waals surface area contributed by atoms with Crippen LogP contribution in [0.1, 0.15) is 17.3 Å². The van der Waals surface area contributed by atoms with Crippen LogP contribution in [0.25, 0.3) is 0 Å². The largest absolute Gasteiger partial charge is 0.482 e. The van der Waals surface area contributed by atoms with Crippen molar-refractivity contribution in [3.8, 4) is 5.75 Å². The Morgan fingerprint density at radius 2 is 1.79 bits per heavy atom. The Morgan fingerprint density at radius 3 is 2.46 bits per heavy atom. The number of anilines is 1. The first-order chi connectivity index (χ1) is 11.5. The molecular formula is C17H15F2NO4. The smallest absolute Gasteiger partial charge is 0.344 e. The summed E-state index contributed by atoms with van der Waals surface area (Å²) in [6.07, 6.45) is 0. The number of hydrogen-bond donors (Lipinski definition) is 1. The summed E-state index contributed by atoms with van der Waals surface area (Å²) in [4.78, 5) is 23.3. The molecular weight excluding hydrogens is 320 g/mol. The first-order valence-corrected chi connectivity index (χ1v) is 7.14. The van der Waals surface area contributed by atoms with Crippen molar-refractivity contribution in [3.63, 3.8) is 0 Å². The minimum Gasteiger partial charge on any atom is -0.482 e. The molecule has 2 rings (SSSR count). The summed E-state index contributed by atoms with van der Waals surface area (Å²) in [5, 5.41) is 2.50. The van der Waals surface area contributed by atoms with Crippen LogP contribution in [0.15, 0.2) is 42.5 Å². The Bertz CT molecular complexity index is 729. The highest BCUT2D eigenvalue weighted by Crippen LogP contribution is 2.18. The van der Waals surface area contributed by atoms with E-state index in [1.165, 1.54) is 6.07 Å². The Kier molecular flexibility index (Phi) is 5.83. The van der Waals surface area contributed by atoms with Gasteiger partial charge in [-0.15, -0.1) is 0 Å². The van der Waals surface area contributed by atoms with E-state index in [1.807, 2.05) is 0 Å². The molecule has 2 aromatic carbocycles. The fraction of sp³-hybridized carbons (Fsp3) is 0.176. The normalized spacial score (nSPS) is 10.1. The van der Waals surface area contributed by atoms with Crippen molar-refractivity contribution >= 4 is 17.6 Å². The summed E-state index contributed by atoms with van der Waals surface area (Å²) >= 11 is 0. The molecule has 0 bridgehead atoms. The lowest BCUT2D eigenvalue weighted by molar-refractivity contribution is -0.145. The molecule has 126 valence electrons. The number of halogens is 2. The zero-order valence-corrected chi connectivity index (χ0v) is 12.8. The minimum atomic E-state index is -0.841. The predicted octanol–water partition coefficient (Wildman–Crippen LogP) is 3.16. The second kappa shape index (κ2) is 8.05. The first kappa shape index (κ1) is 17.4. The van der Waals surface area contributed by atoms with Crippen LogP contribution in [0.3, 0.4) is 0 Å². The van der Waals surface area contributed by atoms with Gasteiger partial charge in [0.15, 0.2) is 6.61 Å². The molecule has 0 aliphatic rings. The van der Waals surface area contributed by atoms with Crippen LogP contribution < -0.4 is 10.1 Å². The Balaban J connectivity index is 2.03. The fourth-order valence-corrected chi connectivity index (χ4v) is 1.90. The minimum absolute atomic E-state index is 0.148. The maximum absolute atomic E-state index is 13.1. The van der Waals surface area contributed by atoms with Crippen LogP contribution in [0.5, 0.6) is 5.75 Å². The molecule has 0 saturated carbocycles. The van der Waals surface area contributed by atoms with Crippen LogP contribution in [0, 0.1) is 11.6 Å². The molecule has 0 atom stereocenters. The maximum Gasteiger partial charge on any atom is 0.344 e. The van der Waals surface area contributed by atoms with Crippen LogP contribution in [-0.4, -0.2) is 25.1 Å². The molecule has 5 nitrogen and oxygen atoms in total. The molecule has 0 aromatic heterocycles. The van der Waals surface area contributed by atoms with Crippen molar-refractivity contribution < 1.29 is 27.8 Å². The second-order valence-corrected chi connectivity index (χ2v) is 4.73. The Morgan fingerprint density at radius 1 is 1.08 bits per heavy atom. The summed E-state index contributed by atoms with van der Waals surface area (Å²) in [7, 11) is 0. The lowest BCUT2D eigenvalue weighted by Crippen LogP contribution is -2.15. The van der Waals surface area contributed by atoms with Gasteiger partial charge >= 0.3 is 5.97 Å². The van der Waals surface area contributed by atoms with Crippen molar-refractivity contribution in [2.75, 3.05) is 18.5 Å². The van der Waals surface area contributed by atoms with E-state index < -0.39 is 23.5 Å². The number of amides is 1. The molecule has 1 N–H and O–H groups in total. The molecule has 0 fully saturated rings. The maximum atomic E-state index is 13.1. The van der Waals surface area contributed by atoms with Gasteiger partial charge in [0.2, 0.25) is 0 Å². The van der Waals surface area contributed by atoms with E-state index in [4.69, 9.17) is 9.47 Å². The summed E-state index contributed by atoms with van der Waals surface area (Å²) < 4.78 is 36.3.